The number of likely N-dealkylation sites (N-methyl/N-ethyl adjacent to an activating group) is 3. The van der Waals surface area contributed by atoms with Crippen molar-refractivity contribution in [2.24, 2.45) is 0 Å². The average molecular weight is 501 g/mol. The Morgan fingerprint density at radius 1 is 0.865 bits per heavy atom. The second-order valence-electron chi connectivity index (χ2n) is 10.4. The number of amides is 2. The van der Waals surface area contributed by atoms with Gasteiger partial charge in [-0.25, -0.2) is 0 Å². The normalized spacial score (nSPS) is 16.3. The summed E-state index contributed by atoms with van der Waals surface area (Å²) in [5, 5.41) is 5.55. The number of carbonyl (C=O) groups excluding carboxylic acids is 2. The second kappa shape index (κ2) is 12.3. The van der Waals surface area contributed by atoms with Gasteiger partial charge in [-0.05, 0) is 68.3 Å². The van der Waals surface area contributed by atoms with Crippen LogP contribution < -0.4 is 5.32 Å². The van der Waals surface area contributed by atoms with Crippen LogP contribution in [-0.4, -0.2) is 85.9 Å². The third-order valence-electron chi connectivity index (χ3n) is 7.86. The molecular formula is C31H40N4O2. The molecule has 1 aliphatic heterocycles. The lowest BCUT2D eigenvalue weighted by molar-refractivity contribution is -0.146. The van der Waals surface area contributed by atoms with Crippen LogP contribution in [0.2, 0.25) is 0 Å². The lowest BCUT2D eigenvalue weighted by Gasteiger charge is -2.39. The third kappa shape index (κ3) is 6.56. The molecule has 1 aliphatic rings. The van der Waals surface area contributed by atoms with E-state index in [1.54, 1.807) is 11.9 Å². The van der Waals surface area contributed by atoms with E-state index in [-0.39, 0.29) is 17.9 Å². The number of carbonyl (C=O) groups is 2. The Bertz CT molecular complexity index is 1190. The molecule has 6 heteroatoms. The highest BCUT2D eigenvalue weighted by molar-refractivity contribution is 5.90. The molecule has 0 aliphatic carbocycles. The maximum atomic E-state index is 13.9. The van der Waals surface area contributed by atoms with Crippen LogP contribution in [0.1, 0.15) is 24.0 Å². The van der Waals surface area contributed by atoms with Gasteiger partial charge in [0.25, 0.3) is 0 Å². The highest BCUT2D eigenvalue weighted by atomic mass is 16.2. The van der Waals surface area contributed by atoms with Crippen LogP contribution in [-0.2, 0) is 22.4 Å². The minimum Gasteiger partial charge on any atom is -0.341 e. The first-order valence-electron chi connectivity index (χ1n) is 13.3. The van der Waals surface area contributed by atoms with Gasteiger partial charge in [0.1, 0.15) is 6.04 Å². The van der Waals surface area contributed by atoms with Gasteiger partial charge in [-0.3, -0.25) is 9.59 Å². The van der Waals surface area contributed by atoms with Gasteiger partial charge in [-0.2, -0.15) is 0 Å². The standard InChI is InChI=1S/C31H40N4O2/c1-32-28(21-24-14-15-25-12-8-9-13-26(25)20-24)30(36)35(4)29(22-23-10-6-5-7-11-23)31(37)34(3)27-16-18-33(2)19-17-27/h5-15,20,27-29,32H,16-19,21-22H2,1-4H3/t28-,29-/m1/s1. The molecule has 0 spiro atoms. The van der Waals surface area contributed by atoms with Gasteiger partial charge in [0.05, 0.1) is 6.04 Å². The smallest absolute Gasteiger partial charge is 0.245 e. The molecule has 0 radical (unpaired) electrons. The zero-order chi connectivity index (χ0) is 26.4. The number of benzene rings is 3. The van der Waals surface area contributed by atoms with Crippen molar-refractivity contribution >= 4 is 22.6 Å². The molecule has 0 saturated carbocycles. The first-order valence-corrected chi connectivity index (χ1v) is 13.3. The zero-order valence-corrected chi connectivity index (χ0v) is 22.6. The number of hydrogen-bond donors (Lipinski definition) is 1. The summed E-state index contributed by atoms with van der Waals surface area (Å²) in [6.07, 6.45) is 2.96. The molecule has 1 fully saturated rings. The Kier molecular flexibility index (Phi) is 8.95. The Balaban J connectivity index is 1.54. The Labute approximate surface area is 221 Å². The van der Waals surface area contributed by atoms with E-state index in [1.807, 2.05) is 61.5 Å². The predicted octanol–water partition coefficient (Wildman–Crippen LogP) is 3.59. The number of piperidine rings is 1. The molecule has 2 atom stereocenters. The number of nitrogens with zero attached hydrogens (tertiary/aromatic N) is 3. The molecule has 1 heterocycles. The molecule has 2 amide bonds. The maximum absolute atomic E-state index is 13.9. The minimum absolute atomic E-state index is 0.00909. The summed E-state index contributed by atoms with van der Waals surface area (Å²) < 4.78 is 0. The molecule has 0 unspecified atom stereocenters. The molecule has 0 aromatic heterocycles. The van der Waals surface area contributed by atoms with Crippen molar-refractivity contribution in [1.82, 2.24) is 20.0 Å². The summed E-state index contributed by atoms with van der Waals surface area (Å²) in [5.74, 6) is -0.0588. The first kappa shape index (κ1) is 26.8. The number of fused-ring (bicyclic) bond motifs is 1. The van der Waals surface area contributed by atoms with E-state index >= 15 is 0 Å². The van der Waals surface area contributed by atoms with E-state index in [4.69, 9.17) is 0 Å². The third-order valence-corrected chi connectivity index (χ3v) is 7.86. The molecular weight excluding hydrogens is 460 g/mol. The predicted molar refractivity (Wildman–Crippen MR) is 150 cm³/mol. The number of nitrogens with one attached hydrogen (secondary N) is 1. The van der Waals surface area contributed by atoms with Crippen LogP contribution in [0.4, 0.5) is 0 Å². The van der Waals surface area contributed by atoms with Crippen LogP contribution in [0.5, 0.6) is 0 Å². The highest BCUT2D eigenvalue weighted by Crippen LogP contribution is 2.20. The van der Waals surface area contributed by atoms with Gasteiger partial charge in [0.2, 0.25) is 11.8 Å². The van der Waals surface area contributed by atoms with E-state index in [0.717, 1.165) is 42.4 Å². The molecule has 6 nitrogen and oxygen atoms in total. The molecule has 3 aromatic rings. The van der Waals surface area contributed by atoms with Gasteiger partial charge in [0.15, 0.2) is 0 Å². The number of hydrogen-bond acceptors (Lipinski definition) is 4. The van der Waals surface area contributed by atoms with Crippen LogP contribution in [0.3, 0.4) is 0 Å². The highest BCUT2D eigenvalue weighted by Gasteiger charge is 2.35. The SMILES string of the molecule is CN[C@H](Cc1ccc2ccccc2c1)C(=O)N(C)[C@H](Cc1ccccc1)C(=O)N(C)C1CCN(C)CC1. The molecule has 3 aromatic carbocycles. The molecule has 37 heavy (non-hydrogen) atoms. The van der Waals surface area contributed by atoms with Crippen molar-refractivity contribution in [3.05, 3.63) is 83.9 Å². The fourth-order valence-electron chi connectivity index (χ4n) is 5.34. The van der Waals surface area contributed by atoms with Crippen molar-refractivity contribution in [2.45, 2.75) is 43.8 Å². The fraction of sp³-hybridized carbons (Fsp3) is 0.419. The fourth-order valence-corrected chi connectivity index (χ4v) is 5.34. The van der Waals surface area contributed by atoms with Crippen molar-refractivity contribution in [2.75, 3.05) is 41.3 Å². The van der Waals surface area contributed by atoms with E-state index < -0.39 is 12.1 Å². The monoisotopic (exact) mass is 500 g/mol. The Hall–Kier alpha value is -3.22. The zero-order valence-electron chi connectivity index (χ0n) is 22.6. The van der Waals surface area contributed by atoms with Crippen LogP contribution in [0, 0.1) is 0 Å². The van der Waals surface area contributed by atoms with Gasteiger partial charge >= 0.3 is 0 Å². The molecule has 4 rings (SSSR count). The molecule has 1 N–H and O–H groups in total. The van der Waals surface area contributed by atoms with E-state index in [1.165, 1.54) is 5.39 Å². The van der Waals surface area contributed by atoms with Gasteiger partial charge in [-0.15, -0.1) is 0 Å². The van der Waals surface area contributed by atoms with Crippen LogP contribution in [0.15, 0.2) is 72.8 Å². The first-order chi connectivity index (χ1) is 17.9. The summed E-state index contributed by atoms with van der Waals surface area (Å²) in [6, 6.07) is 23.8. The topological polar surface area (TPSA) is 55.9 Å². The largest absolute Gasteiger partial charge is 0.341 e. The molecule has 1 saturated heterocycles. The van der Waals surface area contributed by atoms with Gasteiger partial charge < -0.3 is 20.0 Å². The lowest BCUT2D eigenvalue weighted by atomic mass is 9.98. The van der Waals surface area contributed by atoms with Crippen molar-refractivity contribution in [3.63, 3.8) is 0 Å². The summed E-state index contributed by atoms with van der Waals surface area (Å²) in [5.41, 5.74) is 2.14. The average Bonchev–Trinajstić information content (AvgIpc) is 2.94. The van der Waals surface area contributed by atoms with Crippen molar-refractivity contribution in [3.8, 4) is 0 Å². The van der Waals surface area contributed by atoms with Gasteiger partial charge in [0, 0.05) is 26.6 Å². The Morgan fingerprint density at radius 2 is 1.51 bits per heavy atom. The second-order valence-corrected chi connectivity index (χ2v) is 10.4. The van der Waals surface area contributed by atoms with E-state index in [0.29, 0.717) is 12.8 Å². The van der Waals surface area contributed by atoms with Crippen LogP contribution >= 0.6 is 0 Å². The molecule has 0 bridgehead atoms. The summed E-state index contributed by atoms with van der Waals surface area (Å²) >= 11 is 0. The van der Waals surface area contributed by atoms with Crippen LogP contribution in [0.25, 0.3) is 10.8 Å². The van der Waals surface area contributed by atoms with Crippen molar-refractivity contribution < 1.29 is 9.59 Å². The minimum atomic E-state index is -0.563. The van der Waals surface area contributed by atoms with E-state index in [9.17, 15) is 9.59 Å². The maximum Gasteiger partial charge on any atom is 0.245 e. The summed E-state index contributed by atoms with van der Waals surface area (Å²) in [6.45, 7) is 1.96. The quantitative estimate of drug-likeness (QED) is 0.488. The lowest BCUT2D eigenvalue weighted by Crippen LogP contribution is -2.56. The number of likely N-dealkylation sites (tertiary alicyclic amines) is 1. The summed E-state index contributed by atoms with van der Waals surface area (Å²) in [4.78, 5) is 33.6. The van der Waals surface area contributed by atoms with E-state index in [2.05, 4.69) is 47.6 Å². The Morgan fingerprint density at radius 3 is 2.19 bits per heavy atom. The number of rotatable bonds is 9. The van der Waals surface area contributed by atoms with Crippen molar-refractivity contribution in [1.29, 1.82) is 0 Å². The summed E-state index contributed by atoms with van der Waals surface area (Å²) in [7, 11) is 7.62. The molecule has 196 valence electrons. The van der Waals surface area contributed by atoms with Gasteiger partial charge in [-0.1, -0.05) is 72.8 Å².